The standard InChI is InChI=1S/C37H24BrCl4NO2/c1-43(2)37(44)45-31-20-25(38)19-30-32(21-3-11-26(39)12-4-21)33(22-5-13-27(40)14-6-22)34(23-7-15-28(41)16-8-23)35(36(30)31)24-9-17-29(42)18-10-24/h3-20H,1-2H3. The third kappa shape index (κ3) is 6.44. The molecule has 45 heavy (non-hydrogen) atoms. The number of nitrogens with zero attached hydrogens (tertiary/aromatic N) is 1. The second-order valence-corrected chi connectivity index (χ2v) is 13.3. The summed E-state index contributed by atoms with van der Waals surface area (Å²) in [5, 5.41) is 4.08. The quantitative estimate of drug-likeness (QED) is 0.176. The lowest BCUT2D eigenvalue weighted by Gasteiger charge is -2.26. The van der Waals surface area contributed by atoms with Gasteiger partial charge in [0.25, 0.3) is 0 Å². The number of amides is 1. The van der Waals surface area contributed by atoms with Crippen molar-refractivity contribution in [1.29, 1.82) is 0 Å². The van der Waals surface area contributed by atoms with E-state index in [4.69, 9.17) is 51.1 Å². The Labute approximate surface area is 290 Å². The van der Waals surface area contributed by atoms with Crippen molar-refractivity contribution in [3.8, 4) is 50.3 Å². The van der Waals surface area contributed by atoms with E-state index in [1.807, 2.05) is 103 Å². The fourth-order valence-corrected chi connectivity index (χ4v) is 6.39. The molecule has 0 bridgehead atoms. The Kier molecular flexibility index (Phi) is 9.15. The summed E-state index contributed by atoms with van der Waals surface area (Å²) in [4.78, 5) is 14.5. The zero-order valence-corrected chi connectivity index (χ0v) is 28.7. The van der Waals surface area contributed by atoms with Crippen LogP contribution >= 0.6 is 62.3 Å². The molecule has 0 spiro atoms. The van der Waals surface area contributed by atoms with Crippen molar-refractivity contribution in [3.63, 3.8) is 0 Å². The third-order valence-electron chi connectivity index (χ3n) is 7.43. The predicted molar refractivity (Wildman–Crippen MR) is 193 cm³/mol. The fourth-order valence-electron chi connectivity index (χ4n) is 5.44. The summed E-state index contributed by atoms with van der Waals surface area (Å²) in [5.41, 5.74) is 7.33. The van der Waals surface area contributed by atoms with E-state index in [0.29, 0.717) is 25.8 Å². The lowest BCUT2D eigenvalue weighted by molar-refractivity contribution is 0.172. The maximum absolute atomic E-state index is 13.1. The van der Waals surface area contributed by atoms with Crippen LogP contribution in [0.2, 0.25) is 20.1 Å². The van der Waals surface area contributed by atoms with Crippen LogP contribution in [0.25, 0.3) is 55.3 Å². The van der Waals surface area contributed by atoms with Gasteiger partial charge in [-0.15, -0.1) is 0 Å². The van der Waals surface area contributed by atoms with Gasteiger partial charge in [-0.3, -0.25) is 0 Å². The number of benzene rings is 6. The molecular weight excluding hydrogens is 712 g/mol. The molecule has 0 saturated heterocycles. The van der Waals surface area contributed by atoms with Gasteiger partial charge in [-0.2, -0.15) is 0 Å². The van der Waals surface area contributed by atoms with E-state index in [9.17, 15) is 4.79 Å². The number of carbonyl (C=O) groups excluding carboxylic acids is 1. The molecule has 1 amide bonds. The number of fused-ring (bicyclic) bond motifs is 1. The van der Waals surface area contributed by atoms with Gasteiger partial charge < -0.3 is 9.64 Å². The van der Waals surface area contributed by atoms with Gasteiger partial charge in [0, 0.05) is 49.6 Å². The van der Waals surface area contributed by atoms with Crippen LogP contribution in [0, 0.1) is 0 Å². The largest absolute Gasteiger partial charge is 0.414 e. The van der Waals surface area contributed by atoms with E-state index >= 15 is 0 Å². The minimum atomic E-state index is -0.501. The Balaban J connectivity index is 1.92. The number of ether oxygens (including phenoxy) is 1. The monoisotopic (exact) mass is 733 g/mol. The first-order valence-electron chi connectivity index (χ1n) is 13.9. The van der Waals surface area contributed by atoms with E-state index in [-0.39, 0.29) is 0 Å². The van der Waals surface area contributed by atoms with Gasteiger partial charge in [0.1, 0.15) is 5.75 Å². The molecule has 0 atom stereocenters. The zero-order valence-electron chi connectivity index (χ0n) is 24.0. The van der Waals surface area contributed by atoms with Crippen molar-refractivity contribution in [2.75, 3.05) is 14.1 Å². The molecule has 224 valence electrons. The number of hydrogen-bond donors (Lipinski definition) is 0. The maximum atomic E-state index is 13.1. The van der Waals surface area contributed by atoms with E-state index in [0.717, 1.165) is 59.8 Å². The Morgan fingerprint density at radius 3 is 1.31 bits per heavy atom. The molecule has 0 heterocycles. The fraction of sp³-hybridized carbons (Fsp3) is 0.0541. The molecule has 0 N–H and O–H groups in total. The molecule has 0 aliphatic rings. The number of rotatable bonds is 5. The van der Waals surface area contributed by atoms with Crippen LogP contribution in [0.4, 0.5) is 4.79 Å². The van der Waals surface area contributed by atoms with Crippen LogP contribution in [0.15, 0.2) is 114 Å². The Morgan fingerprint density at radius 2 is 0.911 bits per heavy atom. The maximum Gasteiger partial charge on any atom is 0.414 e. The Hall–Kier alpha value is -3.51. The minimum Gasteiger partial charge on any atom is -0.409 e. The molecule has 0 aliphatic heterocycles. The molecule has 0 unspecified atom stereocenters. The van der Waals surface area contributed by atoms with E-state index in [2.05, 4.69) is 22.0 Å². The highest BCUT2D eigenvalue weighted by atomic mass is 79.9. The van der Waals surface area contributed by atoms with Crippen LogP contribution < -0.4 is 4.74 Å². The lowest BCUT2D eigenvalue weighted by atomic mass is 9.78. The summed E-state index contributed by atoms with van der Waals surface area (Å²) < 4.78 is 6.85. The molecule has 6 aromatic carbocycles. The van der Waals surface area contributed by atoms with Gasteiger partial charge in [0.15, 0.2) is 0 Å². The first-order chi connectivity index (χ1) is 21.6. The van der Waals surface area contributed by atoms with Gasteiger partial charge in [-0.1, -0.05) is 111 Å². The summed E-state index contributed by atoms with van der Waals surface area (Å²) in [6.07, 6.45) is -0.501. The molecular formula is C37H24BrCl4NO2. The van der Waals surface area contributed by atoms with Gasteiger partial charge in [0.05, 0.1) is 0 Å². The molecule has 6 rings (SSSR count). The van der Waals surface area contributed by atoms with Crippen LogP contribution in [-0.4, -0.2) is 25.1 Å². The smallest absolute Gasteiger partial charge is 0.409 e. The van der Waals surface area contributed by atoms with Crippen molar-refractivity contribution in [2.45, 2.75) is 0 Å². The molecule has 6 aromatic rings. The van der Waals surface area contributed by atoms with Gasteiger partial charge in [-0.25, -0.2) is 4.79 Å². The van der Waals surface area contributed by atoms with E-state index in [1.54, 1.807) is 14.1 Å². The third-order valence-corrected chi connectivity index (χ3v) is 8.90. The first-order valence-corrected chi connectivity index (χ1v) is 16.2. The molecule has 0 radical (unpaired) electrons. The minimum absolute atomic E-state index is 0.399. The number of carbonyl (C=O) groups is 1. The topological polar surface area (TPSA) is 29.5 Å². The molecule has 0 saturated carbocycles. The lowest BCUT2D eigenvalue weighted by Crippen LogP contribution is -2.25. The van der Waals surface area contributed by atoms with Crippen LogP contribution in [0.1, 0.15) is 0 Å². The second kappa shape index (κ2) is 13.1. The van der Waals surface area contributed by atoms with Crippen molar-refractivity contribution in [1.82, 2.24) is 4.90 Å². The van der Waals surface area contributed by atoms with Crippen molar-refractivity contribution >= 4 is 79.2 Å². The van der Waals surface area contributed by atoms with E-state index < -0.39 is 6.09 Å². The molecule has 3 nitrogen and oxygen atoms in total. The van der Waals surface area contributed by atoms with Crippen LogP contribution in [0.5, 0.6) is 5.75 Å². The predicted octanol–water partition coefficient (Wildman–Crippen LogP) is 12.9. The van der Waals surface area contributed by atoms with Crippen LogP contribution in [0.3, 0.4) is 0 Å². The summed E-state index contributed by atoms with van der Waals surface area (Å²) in [7, 11) is 3.30. The van der Waals surface area contributed by atoms with E-state index in [1.165, 1.54) is 4.90 Å². The molecule has 0 aliphatic carbocycles. The second-order valence-electron chi connectivity index (χ2n) is 10.6. The van der Waals surface area contributed by atoms with Crippen molar-refractivity contribution < 1.29 is 9.53 Å². The zero-order chi connectivity index (χ0) is 31.8. The summed E-state index contributed by atoms with van der Waals surface area (Å²) in [5.74, 6) is 0.399. The first kappa shape index (κ1) is 31.5. The summed E-state index contributed by atoms with van der Waals surface area (Å²) in [6.45, 7) is 0. The summed E-state index contributed by atoms with van der Waals surface area (Å²) in [6, 6.07) is 34.8. The highest BCUT2D eigenvalue weighted by Crippen LogP contribution is 2.54. The number of hydrogen-bond acceptors (Lipinski definition) is 2. The average molecular weight is 736 g/mol. The Morgan fingerprint density at radius 1 is 0.556 bits per heavy atom. The molecule has 0 fully saturated rings. The Bertz CT molecular complexity index is 2040. The van der Waals surface area contributed by atoms with Gasteiger partial charge >= 0.3 is 6.09 Å². The average Bonchev–Trinajstić information content (AvgIpc) is 3.02. The van der Waals surface area contributed by atoms with Gasteiger partial charge in [-0.05, 0) is 105 Å². The highest BCUT2D eigenvalue weighted by molar-refractivity contribution is 9.10. The van der Waals surface area contributed by atoms with Gasteiger partial charge in [0.2, 0.25) is 0 Å². The number of halogens is 5. The van der Waals surface area contributed by atoms with Crippen molar-refractivity contribution in [3.05, 3.63) is 134 Å². The normalized spacial score (nSPS) is 11.1. The highest BCUT2D eigenvalue weighted by Gasteiger charge is 2.27. The summed E-state index contributed by atoms with van der Waals surface area (Å²) >= 11 is 29.3. The SMILES string of the molecule is CN(C)C(=O)Oc1cc(Br)cc2c(-c3ccc(Cl)cc3)c(-c3ccc(Cl)cc3)c(-c3ccc(Cl)cc3)c(-c3ccc(Cl)cc3)c12. The molecule has 0 aromatic heterocycles. The van der Waals surface area contributed by atoms with Crippen LogP contribution in [-0.2, 0) is 0 Å². The van der Waals surface area contributed by atoms with Crippen molar-refractivity contribution in [2.24, 2.45) is 0 Å². The molecule has 8 heteroatoms.